The monoisotopic (exact) mass is 339 g/mol. The molecule has 0 amide bonds. The standard InChI is InChI=1S/C16H19Cl2N3O/c1-11(22)10-20-6-8-21(9-7-20)15-5-2-12-13(17)3-4-14(18)16(12)19-15/h2-5,11,22H,6-10H2,1H3/t11-/m1/s1. The van der Waals surface area contributed by atoms with Crippen molar-refractivity contribution in [1.82, 2.24) is 9.88 Å². The molecule has 0 radical (unpaired) electrons. The third-order valence-corrected chi connectivity index (χ3v) is 4.59. The van der Waals surface area contributed by atoms with Gasteiger partial charge >= 0.3 is 0 Å². The maximum Gasteiger partial charge on any atom is 0.129 e. The van der Waals surface area contributed by atoms with E-state index in [1.54, 1.807) is 12.1 Å². The molecule has 1 fully saturated rings. The summed E-state index contributed by atoms with van der Waals surface area (Å²) in [6.45, 7) is 6.18. The number of piperazine rings is 1. The zero-order chi connectivity index (χ0) is 15.7. The summed E-state index contributed by atoms with van der Waals surface area (Å²) in [5, 5.41) is 11.6. The zero-order valence-corrected chi connectivity index (χ0v) is 14.0. The predicted molar refractivity (Wildman–Crippen MR) is 92.1 cm³/mol. The fraction of sp³-hybridized carbons (Fsp3) is 0.438. The van der Waals surface area contributed by atoms with E-state index in [9.17, 15) is 5.11 Å². The molecule has 0 saturated carbocycles. The number of fused-ring (bicyclic) bond motifs is 1. The Kier molecular flexibility index (Phi) is 4.73. The highest BCUT2D eigenvalue weighted by Gasteiger charge is 2.19. The Morgan fingerprint density at radius 3 is 2.45 bits per heavy atom. The molecule has 2 aromatic rings. The molecule has 1 saturated heterocycles. The van der Waals surface area contributed by atoms with E-state index in [0.717, 1.165) is 49.4 Å². The Labute approximate surface area is 140 Å². The highest BCUT2D eigenvalue weighted by atomic mass is 35.5. The Morgan fingerprint density at radius 1 is 1.09 bits per heavy atom. The molecule has 0 aliphatic carbocycles. The first-order valence-corrected chi connectivity index (χ1v) is 8.20. The fourth-order valence-corrected chi connectivity index (χ4v) is 3.27. The molecule has 1 aliphatic rings. The Balaban J connectivity index is 1.79. The second-order valence-corrected chi connectivity index (χ2v) is 6.55. The first-order chi connectivity index (χ1) is 10.5. The molecular weight excluding hydrogens is 321 g/mol. The summed E-state index contributed by atoms with van der Waals surface area (Å²) in [5.74, 6) is 0.924. The summed E-state index contributed by atoms with van der Waals surface area (Å²) in [6.07, 6.45) is -0.286. The lowest BCUT2D eigenvalue weighted by atomic mass is 10.2. The third-order valence-electron chi connectivity index (χ3n) is 3.96. The molecule has 1 N–H and O–H groups in total. The molecule has 1 aromatic heterocycles. The summed E-state index contributed by atoms with van der Waals surface area (Å²) in [5.41, 5.74) is 0.748. The lowest BCUT2D eigenvalue weighted by Crippen LogP contribution is -2.48. The van der Waals surface area contributed by atoms with Crippen LogP contribution in [0.25, 0.3) is 10.9 Å². The van der Waals surface area contributed by atoms with Gasteiger partial charge in [0.25, 0.3) is 0 Å². The van der Waals surface area contributed by atoms with Crippen LogP contribution in [-0.4, -0.2) is 53.8 Å². The minimum Gasteiger partial charge on any atom is -0.392 e. The molecule has 4 nitrogen and oxygen atoms in total. The molecule has 1 aromatic carbocycles. The predicted octanol–water partition coefficient (Wildman–Crippen LogP) is 3.04. The minimum absolute atomic E-state index is 0.286. The molecule has 3 rings (SSSR count). The van der Waals surface area contributed by atoms with Crippen LogP contribution in [0.1, 0.15) is 6.92 Å². The number of aromatic nitrogens is 1. The molecule has 0 spiro atoms. The lowest BCUT2D eigenvalue weighted by Gasteiger charge is -2.36. The molecule has 0 bridgehead atoms. The van der Waals surface area contributed by atoms with Gasteiger partial charge < -0.3 is 10.0 Å². The Hall–Kier alpha value is -1.07. The van der Waals surface area contributed by atoms with Crippen LogP contribution < -0.4 is 4.90 Å². The summed E-state index contributed by atoms with van der Waals surface area (Å²) < 4.78 is 0. The van der Waals surface area contributed by atoms with Crippen LogP contribution >= 0.6 is 23.2 Å². The summed E-state index contributed by atoms with van der Waals surface area (Å²) >= 11 is 12.4. The van der Waals surface area contributed by atoms with Gasteiger partial charge in [-0.05, 0) is 31.2 Å². The molecular formula is C16H19Cl2N3O. The second kappa shape index (κ2) is 6.59. The quantitative estimate of drug-likeness (QED) is 0.932. The van der Waals surface area contributed by atoms with Crippen LogP contribution in [0, 0.1) is 0 Å². The first kappa shape index (κ1) is 15.8. The van der Waals surface area contributed by atoms with E-state index >= 15 is 0 Å². The average molecular weight is 340 g/mol. The molecule has 1 aliphatic heterocycles. The highest BCUT2D eigenvalue weighted by molar-refractivity contribution is 6.39. The van der Waals surface area contributed by atoms with Crippen molar-refractivity contribution >= 4 is 39.9 Å². The number of halogens is 2. The molecule has 6 heteroatoms. The maximum atomic E-state index is 9.47. The van der Waals surface area contributed by atoms with E-state index in [4.69, 9.17) is 23.2 Å². The van der Waals surface area contributed by atoms with E-state index in [0.29, 0.717) is 10.0 Å². The van der Waals surface area contributed by atoms with Crippen molar-refractivity contribution in [3.63, 3.8) is 0 Å². The number of aliphatic hydroxyl groups excluding tert-OH is 1. The average Bonchev–Trinajstić information content (AvgIpc) is 2.51. The number of hydrogen-bond acceptors (Lipinski definition) is 4. The van der Waals surface area contributed by atoms with Gasteiger partial charge in [0, 0.05) is 38.1 Å². The highest BCUT2D eigenvalue weighted by Crippen LogP contribution is 2.30. The molecule has 2 heterocycles. The van der Waals surface area contributed by atoms with Gasteiger partial charge in [0.05, 0.1) is 21.7 Å². The van der Waals surface area contributed by atoms with E-state index in [1.165, 1.54) is 0 Å². The van der Waals surface area contributed by atoms with Gasteiger partial charge in [-0.1, -0.05) is 23.2 Å². The van der Waals surface area contributed by atoms with Crippen LogP contribution in [0.4, 0.5) is 5.82 Å². The van der Waals surface area contributed by atoms with Crippen molar-refractivity contribution in [2.45, 2.75) is 13.0 Å². The fourth-order valence-electron chi connectivity index (χ4n) is 2.85. The van der Waals surface area contributed by atoms with Crippen LogP contribution in [0.5, 0.6) is 0 Å². The van der Waals surface area contributed by atoms with E-state index in [1.807, 2.05) is 19.1 Å². The Bertz CT molecular complexity index is 670. The van der Waals surface area contributed by atoms with Crippen molar-refractivity contribution in [3.05, 3.63) is 34.3 Å². The number of benzene rings is 1. The van der Waals surface area contributed by atoms with E-state index in [2.05, 4.69) is 14.8 Å². The van der Waals surface area contributed by atoms with Crippen molar-refractivity contribution in [3.8, 4) is 0 Å². The van der Waals surface area contributed by atoms with Crippen LogP contribution in [0.2, 0.25) is 10.0 Å². The largest absolute Gasteiger partial charge is 0.392 e. The van der Waals surface area contributed by atoms with Crippen molar-refractivity contribution in [2.75, 3.05) is 37.6 Å². The van der Waals surface area contributed by atoms with Crippen LogP contribution in [-0.2, 0) is 0 Å². The van der Waals surface area contributed by atoms with Gasteiger partial charge in [0.1, 0.15) is 5.82 Å². The number of aliphatic hydroxyl groups is 1. The van der Waals surface area contributed by atoms with E-state index < -0.39 is 0 Å². The van der Waals surface area contributed by atoms with Gasteiger partial charge in [-0.25, -0.2) is 4.98 Å². The normalized spacial score (nSPS) is 17.9. The van der Waals surface area contributed by atoms with Gasteiger partial charge in [0.2, 0.25) is 0 Å². The van der Waals surface area contributed by atoms with Gasteiger partial charge in [0.15, 0.2) is 0 Å². The number of anilines is 1. The van der Waals surface area contributed by atoms with Crippen LogP contribution in [0.15, 0.2) is 24.3 Å². The first-order valence-electron chi connectivity index (χ1n) is 7.45. The van der Waals surface area contributed by atoms with E-state index in [-0.39, 0.29) is 6.10 Å². The number of nitrogens with zero attached hydrogens (tertiary/aromatic N) is 3. The minimum atomic E-state index is -0.286. The van der Waals surface area contributed by atoms with Crippen LogP contribution in [0.3, 0.4) is 0 Å². The SMILES string of the molecule is C[C@@H](O)CN1CCN(c2ccc3c(Cl)ccc(Cl)c3n2)CC1. The van der Waals surface area contributed by atoms with Gasteiger partial charge in [-0.2, -0.15) is 0 Å². The smallest absolute Gasteiger partial charge is 0.129 e. The molecule has 22 heavy (non-hydrogen) atoms. The topological polar surface area (TPSA) is 39.6 Å². The van der Waals surface area contributed by atoms with Crippen molar-refractivity contribution in [2.24, 2.45) is 0 Å². The summed E-state index contributed by atoms with van der Waals surface area (Å²) in [7, 11) is 0. The maximum absolute atomic E-state index is 9.47. The third kappa shape index (κ3) is 3.30. The van der Waals surface area contributed by atoms with Gasteiger partial charge in [-0.3, -0.25) is 4.90 Å². The lowest BCUT2D eigenvalue weighted by molar-refractivity contribution is 0.122. The number of rotatable bonds is 3. The molecule has 118 valence electrons. The second-order valence-electron chi connectivity index (χ2n) is 5.73. The van der Waals surface area contributed by atoms with Crippen molar-refractivity contribution in [1.29, 1.82) is 0 Å². The molecule has 0 unspecified atom stereocenters. The summed E-state index contributed by atoms with van der Waals surface area (Å²) in [4.78, 5) is 9.20. The zero-order valence-electron chi connectivity index (χ0n) is 12.5. The summed E-state index contributed by atoms with van der Waals surface area (Å²) in [6, 6.07) is 7.55. The van der Waals surface area contributed by atoms with Crippen molar-refractivity contribution < 1.29 is 5.11 Å². The number of hydrogen-bond donors (Lipinski definition) is 1. The molecule has 1 atom stereocenters. The number of pyridine rings is 1. The van der Waals surface area contributed by atoms with Gasteiger partial charge in [-0.15, -0.1) is 0 Å². The Morgan fingerprint density at radius 2 is 1.77 bits per heavy atom. The number of β-amino-alcohol motifs (C(OH)–C–C–N with tert-alkyl or cyclic N) is 1.